The van der Waals surface area contributed by atoms with E-state index in [2.05, 4.69) is 32.1 Å². The number of hydrogen-bond donors (Lipinski definition) is 0. The number of ether oxygens (including phenoxy) is 2. The summed E-state index contributed by atoms with van der Waals surface area (Å²) >= 11 is 0. The molecule has 0 aromatic carbocycles. The standard InChI is InChI=1S/C44H78NO8P/c1-6-8-10-11-12-13-14-15-16-20-23-26-29-33-38-50-43(41-53-54(48,49)52-39-37-45(3,4)5)40-51-44(47)36-32-28-25-22-19-17-18-21-24-27-31-35-42(46)34-30-9-7-2/h17-18,22,24-25,27,31,33,35,38,43H,6-16,19-21,23,26,28-30,32,34,36-37,39-41H2,1-5H3/b18-17-,25-22-,27-24-,35-31+,38-33+/t43-/m1/s1. The molecule has 0 aromatic heterocycles. The molecule has 2 atom stereocenters. The van der Waals surface area contributed by atoms with Gasteiger partial charge in [-0.15, -0.1) is 0 Å². The Labute approximate surface area is 330 Å². The molecule has 0 radical (unpaired) electrons. The van der Waals surface area contributed by atoms with Crippen molar-refractivity contribution in [3.63, 3.8) is 0 Å². The summed E-state index contributed by atoms with van der Waals surface area (Å²) in [5.74, 6) is -0.191. The molecular formula is C44H78NO8P. The van der Waals surface area contributed by atoms with Crippen LogP contribution in [0.25, 0.3) is 0 Å². The zero-order valence-electron chi connectivity index (χ0n) is 34.9. The van der Waals surface area contributed by atoms with E-state index in [9.17, 15) is 19.0 Å². The van der Waals surface area contributed by atoms with Gasteiger partial charge in [-0.2, -0.15) is 0 Å². The number of carbonyl (C=O) groups is 2. The number of rotatable bonds is 38. The van der Waals surface area contributed by atoms with Gasteiger partial charge >= 0.3 is 5.97 Å². The first-order chi connectivity index (χ1) is 26.0. The molecule has 0 fully saturated rings. The second-order valence-electron chi connectivity index (χ2n) is 15.1. The number of allylic oxidation sites excluding steroid dienone is 9. The van der Waals surface area contributed by atoms with E-state index >= 15 is 0 Å². The molecule has 0 amide bonds. The average Bonchev–Trinajstić information content (AvgIpc) is 3.12. The first kappa shape index (κ1) is 51.7. The van der Waals surface area contributed by atoms with E-state index in [1.807, 2.05) is 51.5 Å². The summed E-state index contributed by atoms with van der Waals surface area (Å²) in [6.45, 7) is 4.45. The molecule has 0 saturated carbocycles. The number of carbonyl (C=O) groups excluding carboxylic acids is 2. The highest BCUT2D eigenvalue weighted by atomic mass is 31.2. The summed E-state index contributed by atoms with van der Waals surface area (Å²) in [5, 5.41) is 0. The molecule has 0 saturated heterocycles. The molecule has 312 valence electrons. The predicted octanol–water partition coefficient (Wildman–Crippen LogP) is 11.1. The third kappa shape index (κ3) is 39.4. The van der Waals surface area contributed by atoms with Crippen molar-refractivity contribution in [2.75, 3.05) is 47.5 Å². The maximum absolute atomic E-state index is 12.4. The van der Waals surface area contributed by atoms with Gasteiger partial charge in [-0.1, -0.05) is 140 Å². The number of unbranched alkanes of at least 4 members (excludes halogenated alkanes) is 15. The minimum atomic E-state index is -4.54. The highest BCUT2D eigenvalue weighted by Gasteiger charge is 2.19. The maximum Gasteiger partial charge on any atom is 0.305 e. The van der Waals surface area contributed by atoms with Gasteiger partial charge in [0.2, 0.25) is 0 Å². The third-order valence-electron chi connectivity index (χ3n) is 8.64. The van der Waals surface area contributed by atoms with Crippen molar-refractivity contribution >= 4 is 19.6 Å². The molecule has 0 heterocycles. The highest BCUT2D eigenvalue weighted by molar-refractivity contribution is 7.45. The quantitative estimate of drug-likeness (QED) is 0.00890. The minimum absolute atomic E-state index is 0.00699. The number of ketones is 1. The van der Waals surface area contributed by atoms with Crippen molar-refractivity contribution in [2.45, 2.75) is 161 Å². The number of likely N-dealkylation sites (N-methyl/N-ethyl adjacent to an activating group) is 1. The second kappa shape index (κ2) is 36.4. The Bertz CT molecular complexity index is 1110. The summed E-state index contributed by atoms with van der Waals surface area (Å²) < 4.78 is 34.2. The molecular weight excluding hydrogens is 701 g/mol. The van der Waals surface area contributed by atoms with Crippen LogP contribution in [0.1, 0.15) is 155 Å². The van der Waals surface area contributed by atoms with Gasteiger partial charge in [0, 0.05) is 12.8 Å². The van der Waals surface area contributed by atoms with Crippen LogP contribution in [-0.4, -0.2) is 69.8 Å². The van der Waals surface area contributed by atoms with Gasteiger partial charge in [-0.05, 0) is 57.1 Å². The average molecular weight is 780 g/mol. The van der Waals surface area contributed by atoms with Gasteiger partial charge in [0.1, 0.15) is 19.8 Å². The van der Waals surface area contributed by atoms with Crippen LogP contribution in [-0.2, 0) is 32.7 Å². The molecule has 1 unspecified atom stereocenters. The molecule has 10 heteroatoms. The number of phosphoric ester groups is 1. The summed E-state index contributed by atoms with van der Waals surface area (Å²) in [6.07, 6.45) is 41.8. The van der Waals surface area contributed by atoms with Gasteiger partial charge < -0.3 is 27.9 Å². The van der Waals surface area contributed by atoms with Gasteiger partial charge in [-0.25, -0.2) is 0 Å². The van der Waals surface area contributed by atoms with E-state index in [0.717, 1.165) is 51.4 Å². The van der Waals surface area contributed by atoms with Crippen molar-refractivity contribution in [1.82, 2.24) is 0 Å². The van der Waals surface area contributed by atoms with Crippen molar-refractivity contribution < 1.29 is 42.1 Å². The molecule has 0 bridgehead atoms. The first-order valence-corrected chi connectivity index (χ1v) is 22.5. The molecule has 0 rings (SSSR count). The van der Waals surface area contributed by atoms with Crippen LogP contribution in [0.3, 0.4) is 0 Å². The molecule has 0 aliphatic rings. The van der Waals surface area contributed by atoms with E-state index < -0.39 is 13.9 Å². The van der Waals surface area contributed by atoms with Crippen LogP contribution in [0.15, 0.2) is 60.9 Å². The summed E-state index contributed by atoms with van der Waals surface area (Å²) in [6, 6.07) is 0. The molecule has 0 aliphatic heterocycles. The van der Waals surface area contributed by atoms with E-state index in [1.54, 1.807) is 12.3 Å². The van der Waals surface area contributed by atoms with E-state index in [0.29, 0.717) is 23.9 Å². The van der Waals surface area contributed by atoms with Crippen molar-refractivity contribution in [3.05, 3.63) is 60.9 Å². The van der Waals surface area contributed by atoms with Crippen molar-refractivity contribution in [1.29, 1.82) is 0 Å². The molecule has 0 spiro atoms. The van der Waals surface area contributed by atoms with Crippen molar-refractivity contribution in [2.24, 2.45) is 0 Å². The van der Waals surface area contributed by atoms with Crippen LogP contribution in [0.5, 0.6) is 0 Å². The Hall–Kier alpha value is -2.29. The lowest BCUT2D eigenvalue weighted by Gasteiger charge is -2.28. The van der Waals surface area contributed by atoms with Gasteiger partial charge in [-0.3, -0.25) is 14.2 Å². The van der Waals surface area contributed by atoms with Crippen LogP contribution >= 0.6 is 7.82 Å². The van der Waals surface area contributed by atoms with E-state index in [4.69, 9.17) is 18.5 Å². The smallest absolute Gasteiger partial charge is 0.305 e. The third-order valence-corrected chi connectivity index (χ3v) is 9.60. The number of esters is 1. The number of phosphoric acid groups is 1. The van der Waals surface area contributed by atoms with Crippen LogP contribution < -0.4 is 4.89 Å². The Morgan fingerprint density at radius 2 is 1.22 bits per heavy atom. The normalized spacial score (nSPS) is 14.3. The topological polar surface area (TPSA) is 111 Å². The molecule has 0 aromatic rings. The van der Waals surface area contributed by atoms with Crippen LogP contribution in [0.2, 0.25) is 0 Å². The monoisotopic (exact) mass is 780 g/mol. The van der Waals surface area contributed by atoms with Crippen LogP contribution in [0, 0.1) is 0 Å². The van der Waals surface area contributed by atoms with Gasteiger partial charge in [0.15, 0.2) is 11.9 Å². The van der Waals surface area contributed by atoms with Gasteiger partial charge in [0.25, 0.3) is 7.82 Å². The minimum Gasteiger partial charge on any atom is -0.756 e. The summed E-state index contributed by atoms with van der Waals surface area (Å²) in [4.78, 5) is 36.5. The SMILES string of the molecule is CCCCCCCCCCCCCC/C=C/O[C@H](COC(=O)CCC/C=C\C/C=C\C/C=C\C=C\C(=O)CCCCC)COP(=O)([O-])OCC[N+](C)(C)C. The summed E-state index contributed by atoms with van der Waals surface area (Å²) in [7, 11) is 1.29. The zero-order valence-corrected chi connectivity index (χ0v) is 35.8. The lowest BCUT2D eigenvalue weighted by Crippen LogP contribution is -2.37. The Morgan fingerprint density at radius 1 is 0.648 bits per heavy atom. The molecule has 0 N–H and O–H groups in total. The fourth-order valence-corrected chi connectivity index (χ4v) is 5.97. The number of hydrogen-bond acceptors (Lipinski definition) is 8. The zero-order chi connectivity index (χ0) is 40.0. The fourth-order valence-electron chi connectivity index (χ4n) is 5.24. The highest BCUT2D eigenvalue weighted by Crippen LogP contribution is 2.38. The molecule has 0 aliphatic carbocycles. The molecule has 54 heavy (non-hydrogen) atoms. The van der Waals surface area contributed by atoms with Gasteiger partial charge in [0.05, 0.1) is 34.0 Å². The predicted molar refractivity (Wildman–Crippen MR) is 222 cm³/mol. The van der Waals surface area contributed by atoms with E-state index in [-0.39, 0.29) is 38.0 Å². The number of quaternary nitrogens is 1. The van der Waals surface area contributed by atoms with Crippen molar-refractivity contribution in [3.8, 4) is 0 Å². The lowest BCUT2D eigenvalue weighted by atomic mass is 10.0. The first-order valence-electron chi connectivity index (χ1n) is 21.0. The Morgan fingerprint density at radius 3 is 1.87 bits per heavy atom. The largest absolute Gasteiger partial charge is 0.756 e. The van der Waals surface area contributed by atoms with Crippen LogP contribution in [0.4, 0.5) is 0 Å². The second-order valence-corrected chi connectivity index (χ2v) is 16.5. The maximum atomic E-state index is 12.4. The summed E-state index contributed by atoms with van der Waals surface area (Å²) in [5.41, 5.74) is 0. The fraction of sp³-hybridized carbons (Fsp3) is 0.727. The Kier molecular flexibility index (Phi) is 34.8. The molecule has 9 nitrogen and oxygen atoms in total. The Balaban J connectivity index is 4.45. The lowest BCUT2D eigenvalue weighted by molar-refractivity contribution is -0.870. The van der Waals surface area contributed by atoms with E-state index in [1.165, 1.54) is 70.6 Å². The number of nitrogens with zero attached hydrogens (tertiary/aromatic N) is 1.